The van der Waals surface area contributed by atoms with Crippen LogP contribution < -0.4 is 9.47 Å². The van der Waals surface area contributed by atoms with Gasteiger partial charge in [0, 0.05) is 15.4 Å². The molecule has 6 heteroatoms. The molecule has 136 valence electrons. The number of benzene rings is 2. The first-order valence-electron chi connectivity index (χ1n) is 8.12. The predicted molar refractivity (Wildman–Crippen MR) is 113 cm³/mol. The van der Waals surface area contributed by atoms with E-state index in [2.05, 4.69) is 39.1 Å². The summed E-state index contributed by atoms with van der Waals surface area (Å²) in [5, 5.41) is 12.3. The van der Waals surface area contributed by atoms with Gasteiger partial charge in [-0.3, -0.25) is 0 Å². The highest BCUT2D eigenvalue weighted by atomic mass is 79.9. The van der Waals surface area contributed by atoms with Crippen LogP contribution in [0.1, 0.15) is 16.1 Å². The first-order chi connectivity index (χ1) is 13.0. The molecule has 0 aliphatic heterocycles. The van der Waals surface area contributed by atoms with Gasteiger partial charge in [-0.25, -0.2) is 4.98 Å². The molecular formula is C21H17BrN2O2S. The number of ether oxygens (including phenoxy) is 2. The third-order valence-corrected chi connectivity index (χ3v) is 5.57. The van der Waals surface area contributed by atoms with Crippen molar-refractivity contribution in [2.75, 3.05) is 14.2 Å². The lowest BCUT2D eigenvalue weighted by Crippen LogP contribution is -1.92. The zero-order chi connectivity index (χ0) is 19.4. The van der Waals surface area contributed by atoms with Gasteiger partial charge in [-0.15, -0.1) is 11.3 Å². The van der Waals surface area contributed by atoms with Crippen LogP contribution in [0, 0.1) is 18.3 Å². The first kappa shape index (κ1) is 19.2. The van der Waals surface area contributed by atoms with Crippen LogP contribution in [0.25, 0.3) is 22.9 Å². The molecule has 1 heterocycles. The molecule has 0 saturated heterocycles. The van der Waals surface area contributed by atoms with E-state index in [1.807, 2.05) is 36.6 Å². The van der Waals surface area contributed by atoms with Gasteiger partial charge in [0.25, 0.3) is 0 Å². The molecular weight excluding hydrogens is 424 g/mol. The van der Waals surface area contributed by atoms with E-state index in [9.17, 15) is 5.26 Å². The lowest BCUT2D eigenvalue weighted by molar-refractivity contribution is 0.354. The van der Waals surface area contributed by atoms with Crippen molar-refractivity contribution in [3.05, 3.63) is 62.4 Å². The molecule has 0 aliphatic carbocycles. The molecule has 0 bridgehead atoms. The summed E-state index contributed by atoms with van der Waals surface area (Å²) >= 11 is 4.97. The molecule has 0 saturated carbocycles. The Bertz CT molecular complexity index is 1030. The maximum absolute atomic E-state index is 9.65. The Kier molecular flexibility index (Phi) is 5.94. The van der Waals surface area contributed by atoms with E-state index in [-0.39, 0.29) is 0 Å². The lowest BCUT2D eigenvalue weighted by atomic mass is 10.1. The van der Waals surface area contributed by atoms with Crippen molar-refractivity contribution in [2.24, 2.45) is 0 Å². The van der Waals surface area contributed by atoms with Gasteiger partial charge in [0.15, 0.2) is 11.5 Å². The smallest absolute Gasteiger partial charge is 0.161 e. The summed E-state index contributed by atoms with van der Waals surface area (Å²) in [5.74, 6) is 1.22. The number of nitriles is 1. The molecule has 0 radical (unpaired) electrons. The fraction of sp³-hybridized carbons (Fsp3) is 0.143. The highest BCUT2D eigenvalue weighted by Crippen LogP contribution is 2.35. The number of thiazole rings is 1. The number of allylic oxidation sites excluding steroid dienone is 1. The van der Waals surface area contributed by atoms with E-state index in [1.165, 1.54) is 16.9 Å². The number of aromatic nitrogens is 1. The monoisotopic (exact) mass is 440 g/mol. The maximum atomic E-state index is 9.65. The molecule has 0 N–H and O–H groups in total. The summed E-state index contributed by atoms with van der Waals surface area (Å²) in [5.41, 5.74) is 4.41. The van der Waals surface area contributed by atoms with Crippen LogP contribution in [-0.2, 0) is 0 Å². The Morgan fingerprint density at radius 2 is 1.81 bits per heavy atom. The number of rotatable bonds is 5. The predicted octanol–water partition coefficient (Wildman–Crippen LogP) is 5.96. The van der Waals surface area contributed by atoms with Gasteiger partial charge in [0.05, 0.1) is 25.5 Å². The number of methoxy groups -OCH3 is 2. The number of hydrogen-bond acceptors (Lipinski definition) is 5. The van der Waals surface area contributed by atoms with Crippen LogP contribution in [0.4, 0.5) is 0 Å². The second-order valence-electron chi connectivity index (χ2n) is 5.80. The quantitative estimate of drug-likeness (QED) is 0.459. The summed E-state index contributed by atoms with van der Waals surface area (Å²) in [6.45, 7) is 2.05. The van der Waals surface area contributed by atoms with E-state index in [1.54, 1.807) is 20.3 Å². The van der Waals surface area contributed by atoms with Crippen molar-refractivity contribution in [3.8, 4) is 28.8 Å². The van der Waals surface area contributed by atoms with Crippen LogP contribution in [0.3, 0.4) is 0 Å². The number of aryl methyl sites for hydroxylation is 1. The van der Waals surface area contributed by atoms with Crippen LogP contribution in [0.15, 0.2) is 46.3 Å². The average Bonchev–Trinajstić information content (AvgIpc) is 3.17. The molecule has 3 rings (SSSR count). The van der Waals surface area contributed by atoms with Crippen molar-refractivity contribution in [3.63, 3.8) is 0 Å². The third kappa shape index (κ3) is 4.21. The normalized spacial score (nSPS) is 11.1. The topological polar surface area (TPSA) is 55.1 Å². The molecule has 0 atom stereocenters. The molecule has 2 aromatic carbocycles. The summed E-state index contributed by atoms with van der Waals surface area (Å²) < 4.78 is 11.5. The minimum Gasteiger partial charge on any atom is -0.493 e. The molecule has 0 aliphatic rings. The molecule has 0 fully saturated rings. The van der Waals surface area contributed by atoms with Crippen LogP contribution in [0.5, 0.6) is 11.5 Å². The van der Waals surface area contributed by atoms with Gasteiger partial charge < -0.3 is 9.47 Å². The molecule has 0 spiro atoms. The van der Waals surface area contributed by atoms with Crippen molar-refractivity contribution in [1.82, 2.24) is 4.98 Å². The van der Waals surface area contributed by atoms with Gasteiger partial charge in [-0.1, -0.05) is 45.8 Å². The SMILES string of the molecule is COc1cc(Br)c(/C=C(\C#N)c2nc(-c3ccc(C)cc3)cs2)cc1OC. The molecule has 27 heavy (non-hydrogen) atoms. The highest BCUT2D eigenvalue weighted by molar-refractivity contribution is 9.10. The Balaban J connectivity index is 1.99. The fourth-order valence-corrected chi connectivity index (χ4v) is 3.76. The molecule has 0 unspecified atom stereocenters. The molecule has 0 amide bonds. The second kappa shape index (κ2) is 8.38. The zero-order valence-electron chi connectivity index (χ0n) is 15.1. The summed E-state index contributed by atoms with van der Waals surface area (Å²) in [4.78, 5) is 4.64. The Morgan fingerprint density at radius 3 is 2.44 bits per heavy atom. The van der Waals surface area contributed by atoms with E-state index in [0.29, 0.717) is 22.1 Å². The average molecular weight is 441 g/mol. The number of nitrogens with zero attached hydrogens (tertiary/aromatic N) is 2. The minimum absolute atomic E-state index is 0.492. The lowest BCUT2D eigenvalue weighted by Gasteiger charge is -2.10. The molecule has 3 aromatic rings. The third-order valence-electron chi connectivity index (χ3n) is 4.01. The van der Waals surface area contributed by atoms with Crippen molar-refractivity contribution >= 4 is 38.9 Å². The van der Waals surface area contributed by atoms with Gasteiger partial charge in [0.2, 0.25) is 0 Å². The van der Waals surface area contributed by atoms with E-state index in [0.717, 1.165) is 21.3 Å². The Labute approximate surface area is 170 Å². The van der Waals surface area contributed by atoms with Crippen molar-refractivity contribution in [2.45, 2.75) is 6.92 Å². The minimum atomic E-state index is 0.492. The summed E-state index contributed by atoms with van der Waals surface area (Å²) in [6, 6.07) is 14.1. The number of hydrogen-bond donors (Lipinski definition) is 0. The van der Waals surface area contributed by atoms with Crippen LogP contribution >= 0.6 is 27.3 Å². The van der Waals surface area contributed by atoms with Gasteiger partial charge in [0.1, 0.15) is 11.1 Å². The van der Waals surface area contributed by atoms with Gasteiger partial charge in [-0.2, -0.15) is 5.26 Å². The van der Waals surface area contributed by atoms with Crippen LogP contribution in [-0.4, -0.2) is 19.2 Å². The Morgan fingerprint density at radius 1 is 1.15 bits per heavy atom. The highest BCUT2D eigenvalue weighted by Gasteiger charge is 2.12. The number of halogens is 1. The summed E-state index contributed by atoms with van der Waals surface area (Å²) in [6.07, 6.45) is 1.80. The molecule has 1 aromatic heterocycles. The second-order valence-corrected chi connectivity index (χ2v) is 7.51. The van der Waals surface area contributed by atoms with Gasteiger partial charge in [-0.05, 0) is 30.7 Å². The van der Waals surface area contributed by atoms with Crippen LogP contribution in [0.2, 0.25) is 0 Å². The summed E-state index contributed by atoms with van der Waals surface area (Å²) in [7, 11) is 3.17. The zero-order valence-corrected chi connectivity index (χ0v) is 17.5. The fourth-order valence-electron chi connectivity index (χ4n) is 2.53. The van der Waals surface area contributed by atoms with E-state index < -0.39 is 0 Å². The van der Waals surface area contributed by atoms with Crippen molar-refractivity contribution < 1.29 is 9.47 Å². The van der Waals surface area contributed by atoms with E-state index >= 15 is 0 Å². The van der Waals surface area contributed by atoms with Crippen molar-refractivity contribution in [1.29, 1.82) is 5.26 Å². The molecule has 4 nitrogen and oxygen atoms in total. The Hall–Kier alpha value is -2.62. The first-order valence-corrected chi connectivity index (χ1v) is 9.79. The largest absolute Gasteiger partial charge is 0.493 e. The standard InChI is InChI=1S/C21H17BrN2O2S/c1-13-4-6-14(7-5-13)18-12-27-21(24-18)16(11-23)8-15-9-19(25-2)20(26-3)10-17(15)22/h4-10,12H,1-3H3/b16-8+. The van der Waals surface area contributed by atoms with E-state index in [4.69, 9.17) is 9.47 Å². The van der Waals surface area contributed by atoms with Gasteiger partial charge >= 0.3 is 0 Å². The maximum Gasteiger partial charge on any atom is 0.161 e.